The standard InChI is InChI=1S/C19H19ClN2O3S/c1-14-17(19(20)22(21-14)16-10-6-3-7-11-16)12-26(24,25)13-18(23)15-8-4-2-5-9-15/h2-11,18,23H,12-13H2,1H3. The topological polar surface area (TPSA) is 72.2 Å². The van der Waals surface area contributed by atoms with Crippen molar-refractivity contribution in [2.45, 2.75) is 18.8 Å². The van der Waals surface area contributed by atoms with Crippen molar-refractivity contribution < 1.29 is 13.5 Å². The first-order chi connectivity index (χ1) is 12.4. The molecule has 2 aromatic carbocycles. The molecule has 0 amide bonds. The minimum atomic E-state index is -3.58. The molecule has 0 spiro atoms. The molecule has 1 unspecified atom stereocenters. The molecule has 1 atom stereocenters. The average Bonchev–Trinajstić information content (AvgIpc) is 2.90. The Bertz CT molecular complexity index is 986. The number of aliphatic hydroxyl groups excluding tert-OH is 1. The third kappa shape index (κ3) is 4.15. The lowest BCUT2D eigenvalue weighted by atomic mass is 10.1. The van der Waals surface area contributed by atoms with Crippen LogP contribution in [0.5, 0.6) is 0 Å². The van der Waals surface area contributed by atoms with Crippen LogP contribution in [0.3, 0.4) is 0 Å². The third-order valence-corrected chi connectivity index (χ3v) is 6.02. The zero-order valence-electron chi connectivity index (χ0n) is 14.2. The van der Waals surface area contributed by atoms with Crippen molar-refractivity contribution in [2.75, 3.05) is 5.75 Å². The number of hydrogen-bond donors (Lipinski definition) is 1. The monoisotopic (exact) mass is 390 g/mol. The summed E-state index contributed by atoms with van der Waals surface area (Å²) in [5.41, 5.74) is 2.33. The Hall–Kier alpha value is -2.15. The SMILES string of the molecule is Cc1nn(-c2ccccc2)c(Cl)c1CS(=O)(=O)CC(O)c1ccccc1. The molecule has 0 aliphatic heterocycles. The number of hydrogen-bond acceptors (Lipinski definition) is 4. The molecule has 3 rings (SSSR count). The minimum Gasteiger partial charge on any atom is -0.387 e. The summed E-state index contributed by atoms with van der Waals surface area (Å²) in [4.78, 5) is 0. The van der Waals surface area contributed by atoms with Crippen molar-refractivity contribution in [1.29, 1.82) is 0 Å². The lowest BCUT2D eigenvalue weighted by Gasteiger charge is -2.11. The normalized spacial score (nSPS) is 12.9. The van der Waals surface area contributed by atoms with Gasteiger partial charge in [-0.15, -0.1) is 0 Å². The van der Waals surface area contributed by atoms with Gasteiger partial charge >= 0.3 is 0 Å². The minimum absolute atomic E-state index is 0.269. The zero-order valence-corrected chi connectivity index (χ0v) is 15.8. The van der Waals surface area contributed by atoms with Crippen molar-refractivity contribution in [1.82, 2.24) is 9.78 Å². The summed E-state index contributed by atoms with van der Waals surface area (Å²) in [6, 6.07) is 18.0. The van der Waals surface area contributed by atoms with E-state index in [2.05, 4.69) is 5.10 Å². The fraction of sp³-hybridized carbons (Fsp3) is 0.211. The molecule has 0 bridgehead atoms. The van der Waals surface area contributed by atoms with E-state index in [9.17, 15) is 13.5 Å². The Kier molecular flexibility index (Phi) is 5.46. The summed E-state index contributed by atoms with van der Waals surface area (Å²) in [7, 11) is -3.58. The number of nitrogens with zero attached hydrogens (tertiary/aromatic N) is 2. The van der Waals surface area contributed by atoms with Gasteiger partial charge in [-0.25, -0.2) is 13.1 Å². The van der Waals surface area contributed by atoms with Crippen LogP contribution in [0.15, 0.2) is 60.7 Å². The van der Waals surface area contributed by atoms with E-state index in [1.54, 1.807) is 31.2 Å². The Balaban J connectivity index is 1.83. The zero-order chi connectivity index (χ0) is 18.7. The van der Waals surface area contributed by atoms with Gasteiger partial charge in [-0.1, -0.05) is 60.1 Å². The molecular weight excluding hydrogens is 372 g/mol. The largest absolute Gasteiger partial charge is 0.387 e. The highest BCUT2D eigenvalue weighted by molar-refractivity contribution is 7.90. The van der Waals surface area contributed by atoms with Gasteiger partial charge < -0.3 is 5.11 Å². The van der Waals surface area contributed by atoms with E-state index in [0.717, 1.165) is 5.69 Å². The Morgan fingerprint density at radius 3 is 2.27 bits per heavy atom. The quantitative estimate of drug-likeness (QED) is 0.699. The summed E-state index contributed by atoms with van der Waals surface area (Å²) >= 11 is 6.40. The summed E-state index contributed by atoms with van der Waals surface area (Å²) < 4.78 is 26.7. The fourth-order valence-electron chi connectivity index (χ4n) is 2.73. The van der Waals surface area contributed by atoms with E-state index in [-0.39, 0.29) is 16.7 Å². The van der Waals surface area contributed by atoms with E-state index < -0.39 is 15.9 Å². The molecule has 0 aliphatic carbocycles. The van der Waals surface area contributed by atoms with Crippen LogP contribution in [-0.4, -0.2) is 29.1 Å². The van der Waals surface area contributed by atoms with Crippen molar-refractivity contribution in [3.8, 4) is 5.69 Å². The second-order valence-corrected chi connectivity index (χ2v) is 8.55. The Labute approximate surface area is 157 Å². The molecule has 0 saturated heterocycles. The second kappa shape index (κ2) is 7.61. The molecule has 0 radical (unpaired) electrons. The number of aryl methyl sites for hydroxylation is 1. The van der Waals surface area contributed by atoms with Crippen LogP contribution in [0.1, 0.15) is 22.9 Å². The van der Waals surface area contributed by atoms with Crippen molar-refractivity contribution in [3.63, 3.8) is 0 Å². The Morgan fingerprint density at radius 1 is 1.08 bits per heavy atom. The van der Waals surface area contributed by atoms with E-state index in [4.69, 9.17) is 11.6 Å². The van der Waals surface area contributed by atoms with Crippen LogP contribution in [0, 0.1) is 6.92 Å². The van der Waals surface area contributed by atoms with E-state index in [1.807, 2.05) is 36.4 Å². The Morgan fingerprint density at radius 2 is 1.65 bits per heavy atom. The van der Waals surface area contributed by atoms with Crippen molar-refractivity contribution in [3.05, 3.63) is 82.6 Å². The summed E-state index contributed by atoms with van der Waals surface area (Å²) in [6.07, 6.45) is -1.08. The molecule has 0 aliphatic rings. The number of rotatable bonds is 6. The van der Waals surface area contributed by atoms with Crippen molar-refractivity contribution in [2.24, 2.45) is 0 Å². The fourth-order valence-corrected chi connectivity index (χ4v) is 4.72. The highest BCUT2D eigenvalue weighted by Gasteiger charge is 2.24. The number of sulfone groups is 1. The van der Waals surface area contributed by atoms with Gasteiger partial charge in [0, 0.05) is 5.56 Å². The lowest BCUT2D eigenvalue weighted by Crippen LogP contribution is -2.16. The highest BCUT2D eigenvalue weighted by atomic mass is 35.5. The van der Waals surface area contributed by atoms with Gasteiger partial charge in [0.1, 0.15) is 5.15 Å². The van der Waals surface area contributed by atoms with Crippen LogP contribution in [-0.2, 0) is 15.6 Å². The van der Waals surface area contributed by atoms with Gasteiger partial charge in [0.2, 0.25) is 0 Å². The molecule has 0 saturated carbocycles. The molecule has 0 fully saturated rings. The molecule has 7 heteroatoms. The van der Waals surface area contributed by atoms with Gasteiger partial charge in [0.25, 0.3) is 0 Å². The molecule has 26 heavy (non-hydrogen) atoms. The second-order valence-electron chi connectivity index (χ2n) is 6.08. The summed E-state index contributed by atoms with van der Waals surface area (Å²) in [6.45, 7) is 1.73. The average molecular weight is 391 g/mol. The first-order valence-electron chi connectivity index (χ1n) is 8.10. The number of aliphatic hydroxyl groups is 1. The number of para-hydroxylation sites is 1. The van der Waals surface area contributed by atoms with Crippen LogP contribution in [0.25, 0.3) is 5.69 Å². The predicted octanol–water partition coefficient (Wildman–Crippen LogP) is 3.48. The number of aromatic nitrogens is 2. The first-order valence-corrected chi connectivity index (χ1v) is 10.3. The number of halogens is 1. The van der Waals surface area contributed by atoms with Crippen LogP contribution in [0.4, 0.5) is 0 Å². The maximum atomic E-state index is 12.6. The van der Waals surface area contributed by atoms with Crippen LogP contribution >= 0.6 is 11.6 Å². The third-order valence-electron chi connectivity index (χ3n) is 4.08. The molecular formula is C19H19ClN2O3S. The van der Waals surface area contributed by atoms with Gasteiger partial charge in [-0.05, 0) is 24.6 Å². The van der Waals surface area contributed by atoms with E-state index >= 15 is 0 Å². The van der Waals surface area contributed by atoms with Gasteiger partial charge in [-0.3, -0.25) is 0 Å². The van der Waals surface area contributed by atoms with Crippen molar-refractivity contribution >= 4 is 21.4 Å². The van der Waals surface area contributed by atoms with E-state index in [0.29, 0.717) is 16.8 Å². The van der Waals surface area contributed by atoms with Crippen LogP contribution in [0.2, 0.25) is 5.15 Å². The van der Waals surface area contributed by atoms with Gasteiger partial charge in [0.05, 0.1) is 29.0 Å². The smallest absolute Gasteiger partial charge is 0.157 e. The molecule has 3 aromatic rings. The molecule has 1 N–H and O–H groups in total. The first kappa shape index (κ1) is 18.6. The summed E-state index contributed by atoms with van der Waals surface area (Å²) in [5, 5.41) is 14.9. The van der Waals surface area contributed by atoms with E-state index in [1.165, 1.54) is 4.68 Å². The molecule has 1 heterocycles. The van der Waals surface area contributed by atoms with Gasteiger partial charge in [-0.2, -0.15) is 5.10 Å². The molecule has 5 nitrogen and oxygen atoms in total. The predicted molar refractivity (Wildman–Crippen MR) is 102 cm³/mol. The molecule has 136 valence electrons. The lowest BCUT2D eigenvalue weighted by molar-refractivity contribution is 0.201. The maximum absolute atomic E-state index is 12.6. The maximum Gasteiger partial charge on any atom is 0.157 e. The number of benzene rings is 2. The summed E-state index contributed by atoms with van der Waals surface area (Å²) in [5.74, 6) is -0.641. The van der Waals surface area contributed by atoms with Crippen LogP contribution < -0.4 is 0 Å². The highest BCUT2D eigenvalue weighted by Crippen LogP contribution is 2.26. The molecule has 1 aromatic heterocycles. The van der Waals surface area contributed by atoms with Gasteiger partial charge in [0.15, 0.2) is 9.84 Å².